The molecule has 1 aliphatic heterocycles. The molecule has 0 aromatic heterocycles. The van der Waals surface area contributed by atoms with Crippen LogP contribution in [-0.2, 0) is 11.2 Å². The van der Waals surface area contributed by atoms with Gasteiger partial charge < -0.3 is 9.64 Å². The quantitative estimate of drug-likeness (QED) is 0.772. The van der Waals surface area contributed by atoms with Crippen LogP contribution in [-0.4, -0.2) is 24.9 Å². The molecule has 0 N–H and O–H groups in total. The maximum Gasteiger partial charge on any atom is 0.228 e. The van der Waals surface area contributed by atoms with Crippen molar-refractivity contribution in [3.05, 3.63) is 23.8 Å². The fraction of sp³-hybridized carbons (Fsp3) is 0.462. The van der Waals surface area contributed by atoms with Crippen molar-refractivity contribution in [2.45, 2.75) is 19.8 Å². The third kappa shape index (κ3) is 2.39. The van der Waals surface area contributed by atoms with Gasteiger partial charge in [-0.15, -0.1) is 11.6 Å². The van der Waals surface area contributed by atoms with E-state index in [0.29, 0.717) is 18.9 Å². The molecule has 0 radical (unpaired) electrons. The standard InChI is InChI=1S/C13H16ClNO2/c1-2-17-12-5-3-4-11-10(12)7-9-15(11)13(16)6-8-14/h3-5H,2,6-9H2,1H3. The molecule has 92 valence electrons. The van der Waals surface area contributed by atoms with Crippen LogP contribution in [0.2, 0.25) is 0 Å². The fourth-order valence-electron chi connectivity index (χ4n) is 2.17. The lowest BCUT2D eigenvalue weighted by Gasteiger charge is -2.17. The average Bonchev–Trinajstić information content (AvgIpc) is 2.74. The average molecular weight is 254 g/mol. The number of hydrogen-bond acceptors (Lipinski definition) is 2. The second-order valence-electron chi connectivity index (χ2n) is 3.92. The first-order valence-electron chi connectivity index (χ1n) is 5.89. The Morgan fingerprint density at radius 2 is 2.35 bits per heavy atom. The summed E-state index contributed by atoms with van der Waals surface area (Å²) in [4.78, 5) is 13.7. The molecule has 0 saturated carbocycles. The molecule has 1 aromatic carbocycles. The third-order valence-electron chi connectivity index (χ3n) is 2.89. The molecule has 0 spiro atoms. The number of carbonyl (C=O) groups excluding carboxylic acids is 1. The molecule has 1 aliphatic rings. The molecule has 0 aliphatic carbocycles. The fourth-order valence-corrected chi connectivity index (χ4v) is 2.33. The van der Waals surface area contributed by atoms with Crippen molar-refractivity contribution in [3.8, 4) is 5.75 Å². The highest BCUT2D eigenvalue weighted by Gasteiger charge is 2.26. The van der Waals surface area contributed by atoms with Crippen LogP contribution in [0, 0.1) is 0 Å². The molecular formula is C13H16ClNO2. The predicted octanol–water partition coefficient (Wildman–Crippen LogP) is 2.60. The number of ether oxygens (including phenoxy) is 1. The van der Waals surface area contributed by atoms with Gasteiger partial charge in [0.25, 0.3) is 0 Å². The van der Waals surface area contributed by atoms with E-state index >= 15 is 0 Å². The number of benzene rings is 1. The van der Waals surface area contributed by atoms with E-state index in [9.17, 15) is 4.79 Å². The molecule has 17 heavy (non-hydrogen) atoms. The van der Waals surface area contributed by atoms with Gasteiger partial charge in [0.2, 0.25) is 5.91 Å². The smallest absolute Gasteiger partial charge is 0.228 e. The lowest BCUT2D eigenvalue weighted by molar-refractivity contribution is -0.118. The first-order chi connectivity index (χ1) is 8.27. The number of amides is 1. The minimum absolute atomic E-state index is 0.0902. The molecular weight excluding hydrogens is 238 g/mol. The van der Waals surface area contributed by atoms with E-state index < -0.39 is 0 Å². The van der Waals surface area contributed by atoms with Crippen LogP contribution in [0.1, 0.15) is 18.9 Å². The minimum atomic E-state index is 0.0902. The molecule has 0 saturated heterocycles. The molecule has 1 heterocycles. The summed E-state index contributed by atoms with van der Waals surface area (Å²) in [6.45, 7) is 3.34. The van der Waals surface area contributed by atoms with E-state index in [0.717, 1.165) is 30.0 Å². The van der Waals surface area contributed by atoms with E-state index in [-0.39, 0.29) is 5.91 Å². The molecule has 1 amide bonds. The second-order valence-corrected chi connectivity index (χ2v) is 4.30. The van der Waals surface area contributed by atoms with Crippen molar-refractivity contribution in [2.75, 3.05) is 23.9 Å². The normalized spacial score (nSPS) is 13.6. The predicted molar refractivity (Wildman–Crippen MR) is 69.0 cm³/mol. The van der Waals surface area contributed by atoms with Gasteiger partial charge in [0.05, 0.1) is 12.3 Å². The highest BCUT2D eigenvalue weighted by atomic mass is 35.5. The van der Waals surface area contributed by atoms with Crippen molar-refractivity contribution in [1.82, 2.24) is 0 Å². The van der Waals surface area contributed by atoms with Crippen LogP contribution < -0.4 is 9.64 Å². The summed E-state index contributed by atoms with van der Waals surface area (Å²) in [5.41, 5.74) is 2.11. The van der Waals surface area contributed by atoms with Gasteiger partial charge in [-0.2, -0.15) is 0 Å². The highest BCUT2D eigenvalue weighted by Crippen LogP contribution is 2.35. The van der Waals surface area contributed by atoms with Gasteiger partial charge in [-0.3, -0.25) is 4.79 Å². The van der Waals surface area contributed by atoms with Crippen LogP contribution in [0.25, 0.3) is 0 Å². The lowest BCUT2D eigenvalue weighted by Crippen LogP contribution is -2.28. The summed E-state index contributed by atoms with van der Waals surface area (Å²) in [5, 5.41) is 0. The van der Waals surface area contributed by atoms with Gasteiger partial charge in [0, 0.05) is 24.4 Å². The highest BCUT2D eigenvalue weighted by molar-refractivity contribution is 6.19. The van der Waals surface area contributed by atoms with Gasteiger partial charge in [-0.25, -0.2) is 0 Å². The van der Waals surface area contributed by atoms with Crippen molar-refractivity contribution in [2.24, 2.45) is 0 Å². The van der Waals surface area contributed by atoms with Crippen LogP contribution in [0.5, 0.6) is 5.75 Å². The van der Waals surface area contributed by atoms with Gasteiger partial charge in [0.15, 0.2) is 0 Å². The molecule has 0 unspecified atom stereocenters. The summed E-state index contributed by atoms with van der Waals surface area (Å²) in [5.74, 6) is 1.36. The first kappa shape index (κ1) is 12.2. The first-order valence-corrected chi connectivity index (χ1v) is 6.42. The summed E-state index contributed by atoms with van der Waals surface area (Å²) < 4.78 is 5.57. The Bertz CT molecular complexity index is 420. The van der Waals surface area contributed by atoms with Gasteiger partial charge in [-0.05, 0) is 25.5 Å². The molecule has 0 atom stereocenters. The van der Waals surface area contributed by atoms with E-state index in [1.165, 1.54) is 0 Å². The van der Waals surface area contributed by atoms with Gasteiger partial charge >= 0.3 is 0 Å². The molecule has 2 rings (SSSR count). The largest absolute Gasteiger partial charge is 0.494 e. The Labute approximate surface area is 106 Å². The van der Waals surface area contributed by atoms with Crippen LogP contribution in [0.3, 0.4) is 0 Å². The lowest BCUT2D eigenvalue weighted by atomic mass is 10.1. The minimum Gasteiger partial charge on any atom is -0.494 e. The number of fused-ring (bicyclic) bond motifs is 1. The van der Waals surface area contributed by atoms with Crippen LogP contribution in [0.4, 0.5) is 5.69 Å². The number of alkyl halides is 1. The Hall–Kier alpha value is -1.22. The summed E-state index contributed by atoms with van der Waals surface area (Å²) in [7, 11) is 0. The van der Waals surface area contributed by atoms with Gasteiger partial charge in [-0.1, -0.05) is 6.07 Å². The number of carbonyl (C=O) groups is 1. The van der Waals surface area contributed by atoms with Crippen molar-refractivity contribution < 1.29 is 9.53 Å². The zero-order valence-corrected chi connectivity index (χ0v) is 10.7. The van der Waals surface area contributed by atoms with Crippen molar-refractivity contribution >= 4 is 23.2 Å². The molecule has 0 fully saturated rings. The van der Waals surface area contributed by atoms with E-state index in [1.807, 2.05) is 25.1 Å². The molecule has 1 aromatic rings. The van der Waals surface area contributed by atoms with Crippen LogP contribution >= 0.6 is 11.6 Å². The van der Waals surface area contributed by atoms with Gasteiger partial charge in [0.1, 0.15) is 5.75 Å². The Morgan fingerprint density at radius 1 is 1.53 bits per heavy atom. The third-order valence-corrected chi connectivity index (χ3v) is 3.08. The zero-order chi connectivity index (χ0) is 12.3. The molecule has 0 bridgehead atoms. The number of nitrogens with zero attached hydrogens (tertiary/aromatic N) is 1. The number of hydrogen-bond donors (Lipinski definition) is 0. The van der Waals surface area contributed by atoms with Crippen molar-refractivity contribution in [1.29, 1.82) is 0 Å². The summed E-state index contributed by atoms with van der Waals surface area (Å²) >= 11 is 5.61. The topological polar surface area (TPSA) is 29.5 Å². The van der Waals surface area contributed by atoms with Crippen molar-refractivity contribution in [3.63, 3.8) is 0 Å². The van der Waals surface area contributed by atoms with Crippen LogP contribution in [0.15, 0.2) is 18.2 Å². The maximum atomic E-state index is 11.9. The maximum absolute atomic E-state index is 11.9. The Balaban J connectivity index is 2.26. The molecule has 3 nitrogen and oxygen atoms in total. The number of anilines is 1. The Morgan fingerprint density at radius 3 is 3.06 bits per heavy atom. The number of halogens is 1. The van der Waals surface area contributed by atoms with E-state index in [4.69, 9.17) is 16.3 Å². The summed E-state index contributed by atoms with van der Waals surface area (Å²) in [6.07, 6.45) is 1.25. The molecule has 4 heteroatoms. The summed E-state index contributed by atoms with van der Waals surface area (Å²) in [6, 6.07) is 5.85. The second kappa shape index (κ2) is 5.41. The monoisotopic (exact) mass is 253 g/mol. The Kier molecular flexibility index (Phi) is 3.89. The van der Waals surface area contributed by atoms with E-state index in [1.54, 1.807) is 4.90 Å². The zero-order valence-electron chi connectivity index (χ0n) is 9.91. The number of rotatable bonds is 4. The SMILES string of the molecule is CCOc1cccc2c1CCN2C(=O)CCCl. The van der Waals surface area contributed by atoms with E-state index in [2.05, 4.69) is 0 Å².